The van der Waals surface area contributed by atoms with Crippen molar-refractivity contribution in [3.05, 3.63) is 65.2 Å². The van der Waals surface area contributed by atoms with Crippen molar-refractivity contribution in [3.8, 4) is 17.6 Å². The number of halogens is 2. The van der Waals surface area contributed by atoms with Gasteiger partial charge in [-0.1, -0.05) is 30.0 Å². The van der Waals surface area contributed by atoms with E-state index in [0.29, 0.717) is 18.6 Å². The Morgan fingerprint density at radius 1 is 1.00 bits per heavy atom. The molecular formula is C18H16F2O2. The minimum atomic E-state index is -2.84. The van der Waals surface area contributed by atoms with E-state index in [9.17, 15) is 8.78 Å². The van der Waals surface area contributed by atoms with Gasteiger partial charge in [0.2, 0.25) is 0 Å². The lowest BCUT2D eigenvalue weighted by atomic mass is 10.1. The van der Waals surface area contributed by atoms with Gasteiger partial charge in [-0.25, -0.2) is 0 Å². The zero-order valence-electron chi connectivity index (χ0n) is 12.2. The minimum Gasteiger partial charge on any atom is -0.435 e. The van der Waals surface area contributed by atoms with E-state index in [1.54, 1.807) is 19.2 Å². The summed E-state index contributed by atoms with van der Waals surface area (Å²) in [5, 5.41) is 0. The van der Waals surface area contributed by atoms with Crippen molar-refractivity contribution in [2.24, 2.45) is 0 Å². The molecule has 114 valence electrons. The Labute approximate surface area is 128 Å². The Morgan fingerprint density at radius 3 is 2.41 bits per heavy atom. The number of ether oxygens (including phenoxy) is 2. The summed E-state index contributed by atoms with van der Waals surface area (Å²) in [7, 11) is 1.56. The molecular weight excluding hydrogens is 286 g/mol. The number of hydrogen-bond donors (Lipinski definition) is 0. The van der Waals surface area contributed by atoms with Gasteiger partial charge in [-0.3, -0.25) is 0 Å². The second-order valence-electron chi connectivity index (χ2n) is 4.56. The quantitative estimate of drug-likeness (QED) is 0.780. The van der Waals surface area contributed by atoms with E-state index in [0.717, 1.165) is 11.1 Å². The summed E-state index contributed by atoms with van der Waals surface area (Å²) in [5.41, 5.74) is 2.30. The number of rotatable bonds is 5. The van der Waals surface area contributed by atoms with Crippen LogP contribution in [0, 0.1) is 11.8 Å². The maximum Gasteiger partial charge on any atom is 0.387 e. The molecule has 0 saturated carbocycles. The molecule has 0 unspecified atom stereocenters. The molecule has 2 aromatic carbocycles. The topological polar surface area (TPSA) is 18.5 Å². The SMILES string of the molecule is COCCc1cc(C#Cc2ccccc2)ccc1OC(F)F. The number of benzene rings is 2. The maximum atomic E-state index is 12.4. The van der Waals surface area contributed by atoms with Crippen LogP contribution in [-0.4, -0.2) is 20.3 Å². The van der Waals surface area contributed by atoms with Crippen molar-refractivity contribution >= 4 is 0 Å². The Hall–Kier alpha value is -2.38. The van der Waals surface area contributed by atoms with Crippen molar-refractivity contribution < 1.29 is 18.3 Å². The van der Waals surface area contributed by atoms with Gasteiger partial charge in [0.25, 0.3) is 0 Å². The lowest BCUT2D eigenvalue weighted by molar-refractivity contribution is -0.0505. The zero-order valence-corrected chi connectivity index (χ0v) is 12.2. The summed E-state index contributed by atoms with van der Waals surface area (Å²) in [6.45, 7) is -2.42. The average Bonchev–Trinajstić information content (AvgIpc) is 2.53. The smallest absolute Gasteiger partial charge is 0.387 e. The van der Waals surface area contributed by atoms with Crippen LogP contribution >= 0.6 is 0 Å². The summed E-state index contributed by atoms with van der Waals surface area (Å²) < 4.78 is 34.3. The standard InChI is InChI=1S/C18H16F2O2/c1-21-12-11-16-13-15(9-10-17(16)22-18(19)20)8-7-14-5-3-2-4-6-14/h2-6,9-10,13,18H,11-12H2,1H3. The van der Waals surface area contributed by atoms with Gasteiger partial charge in [0.15, 0.2) is 0 Å². The molecule has 2 aromatic rings. The van der Waals surface area contributed by atoms with Gasteiger partial charge in [0, 0.05) is 18.2 Å². The van der Waals surface area contributed by atoms with Crippen LogP contribution in [0.25, 0.3) is 0 Å². The van der Waals surface area contributed by atoms with E-state index in [1.807, 2.05) is 30.3 Å². The van der Waals surface area contributed by atoms with Crippen molar-refractivity contribution in [2.75, 3.05) is 13.7 Å². The normalized spacial score (nSPS) is 10.2. The van der Waals surface area contributed by atoms with Gasteiger partial charge in [-0.05, 0) is 42.3 Å². The minimum absolute atomic E-state index is 0.164. The second kappa shape index (κ2) is 8.16. The molecule has 0 heterocycles. The van der Waals surface area contributed by atoms with Gasteiger partial charge >= 0.3 is 6.61 Å². The number of methoxy groups -OCH3 is 1. The lowest BCUT2D eigenvalue weighted by Gasteiger charge is -2.10. The molecule has 0 atom stereocenters. The van der Waals surface area contributed by atoms with Crippen molar-refractivity contribution in [1.82, 2.24) is 0 Å². The molecule has 2 nitrogen and oxygen atoms in total. The second-order valence-corrected chi connectivity index (χ2v) is 4.56. The van der Waals surface area contributed by atoms with E-state index in [2.05, 4.69) is 16.6 Å². The fourth-order valence-corrected chi connectivity index (χ4v) is 1.94. The number of hydrogen-bond acceptors (Lipinski definition) is 2. The van der Waals surface area contributed by atoms with Crippen molar-refractivity contribution in [3.63, 3.8) is 0 Å². The van der Waals surface area contributed by atoms with E-state index < -0.39 is 6.61 Å². The summed E-state index contributed by atoms with van der Waals surface area (Å²) in [6.07, 6.45) is 0.486. The van der Waals surface area contributed by atoms with Crippen LogP contribution in [-0.2, 0) is 11.2 Å². The molecule has 0 fully saturated rings. The van der Waals surface area contributed by atoms with Gasteiger partial charge < -0.3 is 9.47 Å². The van der Waals surface area contributed by atoms with E-state index in [4.69, 9.17) is 4.74 Å². The zero-order chi connectivity index (χ0) is 15.8. The first-order chi connectivity index (χ1) is 10.7. The van der Waals surface area contributed by atoms with Crippen molar-refractivity contribution in [1.29, 1.82) is 0 Å². The third-order valence-electron chi connectivity index (χ3n) is 2.98. The van der Waals surface area contributed by atoms with Crippen molar-refractivity contribution in [2.45, 2.75) is 13.0 Å². The predicted octanol–water partition coefficient (Wildman–Crippen LogP) is 3.88. The molecule has 4 heteroatoms. The third-order valence-corrected chi connectivity index (χ3v) is 2.98. The third kappa shape index (κ3) is 4.87. The molecule has 0 aliphatic rings. The molecule has 0 saturated heterocycles. The van der Waals surface area contributed by atoms with Crippen LogP contribution in [0.15, 0.2) is 48.5 Å². The summed E-state index contributed by atoms with van der Waals surface area (Å²) in [4.78, 5) is 0. The molecule has 0 spiro atoms. The molecule has 0 amide bonds. The van der Waals surface area contributed by atoms with Crippen LogP contribution < -0.4 is 4.74 Å². The monoisotopic (exact) mass is 302 g/mol. The molecule has 2 rings (SSSR count). The Balaban J connectivity index is 2.24. The lowest BCUT2D eigenvalue weighted by Crippen LogP contribution is -2.06. The highest BCUT2D eigenvalue weighted by molar-refractivity contribution is 5.47. The first kappa shape index (κ1) is 16.0. The Bertz CT molecular complexity index is 658. The van der Waals surface area contributed by atoms with Crippen LogP contribution in [0.2, 0.25) is 0 Å². The number of alkyl halides is 2. The highest BCUT2D eigenvalue weighted by atomic mass is 19.3. The Morgan fingerprint density at radius 2 is 1.73 bits per heavy atom. The summed E-state index contributed by atoms with van der Waals surface area (Å²) in [6, 6.07) is 14.5. The maximum absolute atomic E-state index is 12.4. The van der Waals surface area contributed by atoms with Crippen LogP contribution in [0.3, 0.4) is 0 Å². The van der Waals surface area contributed by atoms with Crippen LogP contribution in [0.1, 0.15) is 16.7 Å². The van der Waals surface area contributed by atoms with E-state index >= 15 is 0 Å². The summed E-state index contributed by atoms with van der Waals surface area (Å²) in [5.74, 6) is 6.22. The molecule has 0 aromatic heterocycles. The van der Waals surface area contributed by atoms with Gasteiger partial charge in [-0.15, -0.1) is 0 Å². The molecule has 0 aliphatic carbocycles. The van der Waals surface area contributed by atoms with Gasteiger partial charge in [-0.2, -0.15) is 8.78 Å². The average molecular weight is 302 g/mol. The first-order valence-corrected chi connectivity index (χ1v) is 6.83. The molecule has 0 radical (unpaired) electrons. The molecule has 0 bridgehead atoms. The van der Waals surface area contributed by atoms with Gasteiger partial charge in [0.05, 0.1) is 6.61 Å². The van der Waals surface area contributed by atoms with Gasteiger partial charge in [0.1, 0.15) is 5.75 Å². The fourth-order valence-electron chi connectivity index (χ4n) is 1.94. The predicted molar refractivity (Wildman–Crippen MR) is 81.1 cm³/mol. The van der Waals surface area contributed by atoms with Crippen LogP contribution in [0.4, 0.5) is 8.78 Å². The fraction of sp³-hybridized carbons (Fsp3) is 0.222. The Kier molecular flexibility index (Phi) is 5.93. The molecule has 22 heavy (non-hydrogen) atoms. The highest BCUT2D eigenvalue weighted by Crippen LogP contribution is 2.22. The van der Waals surface area contributed by atoms with E-state index in [-0.39, 0.29) is 5.75 Å². The molecule has 0 aliphatic heterocycles. The highest BCUT2D eigenvalue weighted by Gasteiger charge is 2.10. The molecule has 0 N–H and O–H groups in total. The first-order valence-electron chi connectivity index (χ1n) is 6.83. The van der Waals surface area contributed by atoms with Crippen LogP contribution in [0.5, 0.6) is 5.75 Å². The summed E-state index contributed by atoms with van der Waals surface area (Å²) >= 11 is 0. The largest absolute Gasteiger partial charge is 0.435 e. The van der Waals surface area contributed by atoms with E-state index in [1.165, 1.54) is 6.07 Å².